The van der Waals surface area contributed by atoms with E-state index in [0.717, 1.165) is 37.8 Å². The van der Waals surface area contributed by atoms with Crippen LogP contribution in [-0.2, 0) is 4.74 Å². The minimum atomic E-state index is 0.394. The largest absolute Gasteiger partial charge is 0.378 e. The maximum Gasteiger partial charge on any atom is 0.222 e. The second-order valence-corrected chi connectivity index (χ2v) is 4.38. The van der Waals surface area contributed by atoms with Crippen LogP contribution < -0.4 is 10.6 Å². The Bertz CT molecular complexity index is 386. The number of nitrogens with zero attached hydrogens (tertiary/aromatic N) is 3. The van der Waals surface area contributed by atoms with Crippen molar-refractivity contribution in [3.8, 4) is 0 Å². The van der Waals surface area contributed by atoms with Gasteiger partial charge >= 0.3 is 0 Å². The highest BCUT2D eigenvalue weighted by molar-refractivity contribution is 5.45. The third-order valence-electron chi connectivity index (χ3n) is 3.08. The average molecular weight is 220 g/mol. The number of anilines is 2. The molecule has 1 saturated heterocycles. The van der Waals surface area contributed by atoms with Gasteiger partial charge in [-0.25, -0.2) is 4.98 Å². The lowest BCUT2D eigenvalue weighted by molar-refractivity contribution is 0.122. The molecule has 1 aliphatic heterocycles. The first-order valence-corrected chi connectivity index (χ1v) is 5.80. The van der Waals surface area contributed by atoms with Crippen molar-refractivity contribution in [3.05, 3.63) is 11.8 Å². The summed E-state index contributed by atoms with van der Waals surface area (Å²) in [5.74, 6) is 1.97. The molecular formula is C11H16N4O. The maximum atomic E-state index is 5.75. The molecule has 0 amide bonds. The first-order chi connectivity index (χ1) is 7.83. The molecule has 5 nitrogen and oxygen atoms in total. The van der Waals surface area contributed by atoms with Crippen molar-refractivity contribution in [2.24, 2.45) is 0 Å². The fourth-order valence-electron chi connectivity index (χ4n) is 2.01. The number of aromatic nitrogens is 2. The molecule has 1 aromatic heterocycles. The molecule has 1 aliphatic carbocycles. The highest BCUT2D eigenvalue weighted by Gasteiger charge is 2.26. The van der Waals surface area contributed by atoms with Crippen LogP contribution in [0.15, 0.2) is 6.07 Å². The van der Waals surface area contributed by atoms with Crippen LogP contribution in [0.5, 0.6) is 0 Å². The van der Waals surface area contributed by atoms with Crippen LogP contribution in [0.4, 0.5) is 11.8 Å². The number of ether oxygens (including phenoxy) is 1. The van der Waals surface area contributed by atoms with Crippen LogP contribution in [0.2, 0.25) is 0 Å². The van der Waals surface area contributed by atoms with Gasteiger partial charge in [0.05, 0.1) is 18.9 Å². The van der Waals surface area contributed by atoms with Crippen molar-refractivity contribution in [1.29, 1.82) is 0 Å². The van der Waals surface area contributed by atoms with Gasteiger partial charge in [0, 0.05) is 25.1 Å². The van der Waals surface area contributed by atoms with Gasteiger partial charge in [0.2, 0.25) is 5.95 Å². The Morgan fingerprint density at radius 3 is 2.69 bits per heavy atom. The van der Waals surface area contributed by atoms with Crippen LogP contribution in [0.1, 0.15) is 24.5 Å². The van der Waals surface area contributed by atoms with Crippen molar-refractivity contribution in [3.63, 3.8) is 0 Å². The maximum absolute atomic E-state index is 5.75. The minimum absolute atomic E-state index is 0.394. The summed E-state index contributed by atoms with van der Waals surface area (Å²) >= 11 is 0. The van der Waals surface area contributed by atoms with Crippen LogP contribution in [0.3, 0.4) is 0 Å². The molecule has 0 atom stereocenters. The van der Waals surface area contributed by atoms with Gasteiger partial charge < -0.3 is 15.4 Å². The summed E-state index contributed by atoms with van der Waals surface area (Å²) in [7, 11) is 0. The zero-order chi connectivity index (χ0) is 11.0. The number of morpholine rings is 1. The molecule has 2 fully saturated rings. The van der Waals surface area contributed by atoms with Crippen molar-refractivity contribution in [2.45, 2.75) is 18.8 Å². The number of hydrogen-bond acceptors (Lipinski definition) is 5. The van der Waals surface area contributed by atoms with Gasteiger partial charge in [-0.15, -0.1) is 0 Å². The number of rotatable bonds is 2. The zero-order valence-corrected chi connectivity index (χ0v) is 9.22. The summed E-state index contributed by atoms with van der Waals surface area (Å²) in [6.07, 6.45) is 2.47. The van der Waals surface area contributed by atoms with Gasteiger partial charge in [-0.3, -0.25) is 0 Å². The van der Waals surface area contributed by atoms with E-state index >= 15 is 0 Å². The predicted molar refractivity (Wildman–Crippen MR) is 61.5 cm³/mol. The summed E-state index contributed by atoms with van der Waals surface area (Å²) in [6, 6.07) is 2.08. The van der Waals surface area contributed by atoms with Gasteiger partial charge in [0.25, 0.3) is 0 Å². The van der Waals surface area contributed by atoms with E-state index in [1.54, 1.807) is 0 Å². The number of hydrogen-bond donors (Lipinski definition) is 1. The van der Waals surface area contributed by atoms with E-state index in [4.69, 9.17) is 10.5 Å². The quantitative estimate of drug-likeness (QED) is 0.797. The molecule has 0 unspecified atom stereocenters. The standard InChI is InChI=1S/C11H16N4O/c12-11-13-9(8-1-2-8)7-10(14-11)15-3-5-16-6-4-15/h7-8H,1-6H2,(H2,12,13,14). The minimum Gasteiger partial charge on any atom is -0.378 e. The van der Waals surface area contributed by atoms with Gasteiger partial charge in [-0.05, 0) is 12.8 Å². The third-order valence-corrected chi connectivity index (χ3v) is 3.08. The monoisotopic (exact) mass is 220 g/mol. The lowest BCUT2D eigenvalue weighted by Gasteiger charge is -2.28. The normalized spacial score (nSPS) is 21.1. The fraction of sp³-hybridized carbons (Fsp3) is 0.636. The predicted octanol–water partition coefficient (Wildman–Crippen LogP) is 0.773. The number of nitrogen functional groups attached to an aromatic ring is 1. The van der Waals surface area contributed by atoms with E-state index < -0.39 is 0 Å². The molecular weight excluding hydrogens is 204 g/mol. The lowest BCUT2D eigenvalue weighted by Crippen LogP contribution is -2.37. The average Bonchev–Trinajstić information content (AvgIpc) is 3.13. The van der Waals surface area contributed by atoms with Crippen molar-refractivity contribution >= 4 is 11.8 Å². The van der Waals surface area contributed by atoms with Crippen molar-refractivity contribution < 1.29 is 4.74 Å². The second-order valence-electron chi connectivity index (χ2n) is 4.38. The van der Waals surface area contributed by atoms with Crippen molar-refractivity contribution in [1.82, 2.24) is 9.97 Å². The molecule has 0 radical (unpaired) electrons. The Morgan fingerprint density at radius 1 is 1.25 bits per heavy atom. The van der Waals surface area contributed by atoms with Crippen LogP contribution in [0.25, 0.3) is 0 Å². The zero-order valence-electron chi connectivity index (χ0n) is 9.22. The van der Waals surface area contributed by atoms with E-state index in [0.29, 0.717) is 11.9 Å². The van der Waals surface area contributed by atoms with Crippen molar-refractivity contribution in [2.75, 3.05) is 36.9 Å². The smallest absolute Gasteiger partial charge is 0.222 e. The highest BCUT2D eigenvalue weighted by atomic mass is 16.5. The molecule has 1 saturated carbocycles. The van der Waals surface area contributed by atoms with E-state index in [2.05, 4.69) is 20.9 Å². The molecule has 0 aromatic carbocycles. The molecule has 2 N–H and O–H groups in total. The van der Waals surface area contributed by atoms with E-state index in [1.807, 2.05) is 0 Å². The molecule has 0 spiro atoms. The Kier molecular flexibility index (Phi) is 2.40. The second kappa shape index (κ2) is 3.90. The van der Waals surface area contributed by atoms with Gasteiger partial charge in [-0.1, -0.05) is 0 Å². The van der Waals surface area contributed by atoms with E-state index in [1.165, 1.54) is 12.8 Å². The first kappa shape index (κ1) is 9.84. The summed E-state index contributed by atoms with van der Waals surface area (Å²) in [4.78, 5) is 10.8. The SMILES string of the molecule is Nc1nc(C2CC2)cc(N2CCOCC2)n1. The van der Waals surface area contributed by atoms with Gasteiger partial charge in [0.1, 0.15) is 5.82 Å². The molecule has 2 heterocycles. The van der Waals surface area contributed by atoms with Gasteiger partial charge in [-0.2, -0.15) is 4.98 Å². The third kappa shape index (κ3) is 1.95. The lowest BCUT2D eigenvalue weighted by atomic mass is 10.2. The molecule has 3 rings (SSSR count). The van der Waals surface area contributed by atoms with Crippen LogP contribution in [-0.4, -0.2) is 36.3 Å². The highest BCUT2D eigenvalue weighted by Crippen LogP contribution is 2.40. The summed E-state index contributed by atoms with van der Waals surface area (Å²) < 4.78 is 5.33. The molecule has 16 heavy (non-hydrogen) atoms. The molecule has 0 bridgehead atoms. The summed E-state index contributed by atoms with van der Waals surface area (Å²) in [6.45, 7) is 3.31. The molecule has 5 heteroatoms. The number of nitrogens with two attached hydrogens (primary N) is 1. The van der Waals surface area contributed by atoms with Gasteiger partial charge in [0.15, 0.2) is 0 Å². The fourth-order valence-corrected chi connectivity index (χ4v) is 2.01. The van der Waals surface area contributed by atoms with Crippen LogP contribution in [0, 0.1) is 0 Å². The van der Waals surface area contributed by atoms with E-state index in [9.17, 15) is 0 Å². The van der Waals surface area contributed by atoms with Crippen LogP contribution >= 0.6 is 0 Å². The Hall–Kier alpha value is -1.36. The Balaban J connectivity index is 1.86. The Morgan fingerprint density at radius 2 is 2.00 bits per heavy atom. The topological polar surface area (TPSA) is 64.3 Å². The molecule has 86 valence electrons. The summed E-state index contributed by atoms with van der Waals surface area (Å²) in [5.41, 5.74) is 6.86. The summed E-state index contributed by atoms with van der Waals surface area (Å²) in [5, 5.41) is 0. The molecule has 1 aromatic rings. The van der Waals surface area contributed by atoms with E-state index in [-0.39, 0.29) is 0 Å². The first-order valence-electron chi connectivity index (χ1n) is 5.80. The molecule has 2 aliphatic rings. The Labute approximate surface area is 94.6 Å².